The van der Waals surface area contributed by atoms with Gasteiger partial charge in [-0.05, 0) is 48.6 Å². The zero-order valence-corrected chi connectivity index (χ0v) is 10.3. The van der Waals surface area contributed by atoms with Crippen LogP contribution in [-0.4, -0.2) is 16.1 Å². The number of fused-ring (bicyclic) bond motifs is 1. The topological polar surface area (TPSA) is 59.4 Å². The number of rotatable bonds is 3. The first-order chi connectivity index (χ1) is 9.24. The van der Waals surface area contributed by atoms with E-state index < -0.39 is 5.97 Å². The molecule has 0 unspecified atom stereocenters. The molecule has 0 radical (unpaired) electrons. The normalized spacial score (nSPS) is 13.1. The molecule has 0 saturated heterocycles. The first-order valence-corrected chi connectivity index (χ1v) is 6.21. The maximum Gasteiger partial charge on any atom is 0.339 e. The molecule has 1 aromatic carbocycles. The zero-order chi connectivity index (χ0) is 13.2. The van der Waals surface area contributed by atoms with Gasteiger partial charge in [0.05, 0.1) is 6.20 Å². The summed E-state index contributed by atoms with van der Waals surface area (Å²) in [6, 6.07) is 7.35. The molecule has 4 heteroatoms. The van der Waals surface area contributed by atoms with Crippen LogP contribution in [0.3, 0.4) is 0 Å². The fourth-order valence-electron chi connectivity index (χ4n) is 2.38. The average Bonchev–Trinajstić information content (AvgIpc) is 2.86. The van der Waals surface area contributed by atoms with Gasteiger partial charge in [0.15, 0.2) is 5.75 Å². The standard InChI is InChI=1S/C15H13NO3/c17-15(18)13-6-7-16-9-14(13)19-12-5-4-10-2-1-3-11(10)8-12/h4-9H,1-3H2,(H,17,18). The Hall–Kier alpha value is -2.36. The molecule has 19 heavy (non-hydrogen) atoms. The minimum Gasteiger partial charge on any atom is -0.478 e. The number of ether oxygens (including phenoxy) is 1. The summed E-state index contributed by atoms with van der Waals surface area (Å²) in [5, 5.41) is 9.09. The fourth-order valence-corrected chi connectivity index (χ4v) is 2.38. The van der Waals surface area contributed by atoms with Crippen LogP contribution in [0.1, 0.15) is 27.9 Å². The average molecular weight is 255 g/mol. The Morgan fingerprint density at radius 3 is 2.89 bits per heavy atom. The zero-order valence-electron chi connectivity index (χ0n) is 10.3. The first kappa shape index (κ1) is 11.7. The molecule has 1 aliphatic carbocycles. The molecule has 1 N–H and O–H groups in total. The lowest BCUT2D eigenvalue weighted by atomic mass is 10.1. The molecule has 96 valence electrons. The van der Waals surface area contributed by atoms with E-state index in [1.54, 1.807) is 0 Å². The van der Waals surface area contributed by atoms with Crippen LogP contribution in [0.25, 0.3) is 0 Å². The maximum absolute atomic E-state index is 11.1. The minimum atomic E-state index is -1.02. The quantitative estimate of drug-likeness (QED) is 0.915. The van der Waals surface area contributed by atoms with Crippen LogP contribution < -0.4 is 4.74 Å². The van der Waals surface area contributed by atoms with E-state index in [9.17, 15) is 4.79 Å². The van der Waals surface area contributed by atoms with E-state index in [0.717, 1.165) is 12.8 Å². The highest BCUT2D eigenvalue weighted by Crippen LogP contribution is 2.30. The van der Waals surface area contributed by atoms with Crippen molar-refractivity contribution in [3.63, 3.8) is 0 Å². The van der Waals surface area contributed by atoms with Crippen molar-refractivity contribution in [3.8, 4) is 11.5 Å². The van der Waals surface area contributed by atoms with Crippen molar-refractivity contribution >= 4 is 5.97 Å². The second-order valence-corrected chi connectivity index (χ2v) is 4.56. The molecule has 3 rings (SSSR count). The van der Waals surface area contributed by atoms with Gasteiger partial charge < -0.3 is 9.84 Å². The maximum atomic E-state index is 11.1. The second kappa shape index (κ2) is 4.72. The Labute approximate surface area is 110 Å². The van der Waals surface area contributed by atoms with E-state index >= 15 is 0 Å². The number of aryl methyl sites for hydroxylation is 2. The lowest BCUT2D eigenvalue weighted by Gasteiger charge is -2.09. The van der Waals surface area contributed by atoms with Gasteiger partial charge in [0.2, 0.25) is 0 Å². The molecule has 0 saturated carbocycles. The van der Waals surface area contributed by atoms with Crippen LogP contribution in [0, 0.1) is 0 Å². The third kappa shape index (κ3) is 2.29. The van der Waals surface area contributed by atoms with Crippen molar-refractivity contribution in [3.05, 3.63) is 53.3 Å². The molecule has 0 spiro atoms. The number of carboxylic acids is 1. The number of carboxylic acid groups (broad SMARTS) is 1. The van der Waals surface area contributed by atoms with Crippen LogP contribution in [0.2, 0.25) is 0 Å². The van der Waals surface area contributed by atoms with Gasteiger partial charge in [0.1, 0.15) is 11.3 Å². The van der Waals surface area contributed by atoms with Gasteiger partial charge in [-0.15, -0.1) is 0 Å². The van der Waals surface area contributed by atoms with Gasteiger partial charge in [-0.2, -0.15) is 0 Å². The molecule has 1 aliphatic rings. The highest BCUT2D eigenvalue weighted by molar-refractivity contribution is 5.90. The van der Waals surface area contributed by atoms with Crippen molar-refractivity contribution in [2.75, 3.05) is 0 Å². The van der Waals surface area contributed by atoms with Crippen LogP contribution >= 0.6 is 0 Å². The van der Waals surface area contributed by atoms with E-state index in [0.29, 0.717) is 5.75 Å². The summed E-state index contributed by atoms with van der Waals surface area (Å²) in [4.78, 5) is 15.0. The molecular formula is C15H13NO3. The molecule has 0 atom stereocenters. The summed E-state index contributed by atoms with van der Waals surface area (Å²) >= 11 is 0. The van der Waals surface area contributed by atoms with Crippen LogP contribution in [0.5, 0.6) is 11.5 Å². The Bertz CT molecular complexity index is 637. The predicted molar refractivity (Wildman–Crippen MR) is 69.7 cm³/mol. The van der Waals surface area contributed by atoms with E-state index in [1.807, 2.05) is 12.1 Å². The summed E-state index contributed by atoms with van der Waals surface area (Å²) in [5.74, 6) is -0.0809. The van der Waals surface area contributed by atoms with Crippen molar-refractivity contribution < 1.29 is 14.6 Å². The van der Waals surface area contributed by atoms with E-state index in [1.165, 1.54) is 36.0 Å². The lowest BCUT2D eigenvalue weighted by Crippen LogP contribution is -2.00. The second-order valence-electron chi connectivity index (χ2n) is 4.56. The summed E-state index contributed by atoms with van der Waals surface area (Å²) < 4.78 is 5.65. The van der Waals surface area contributed by atoms with Gasteiger partial charge in [-0.25, -0.2) is 4.79 Å². The smallest absolute Gasteiger partial charge is 0.339 e. The van der Waals surface area contributed by atoms with Gasteiger partial charge in [-0.1, -0.05) is 6.07 Å². The number of carbonyl (C=O) groups is 1. The predicted octanol–water partition coefficient (Wildman–Crippen LogP) is 3.06. The van der Waals surface area contributed by atoms with Crippen molar-refractivity contribution in [2.24, 2.45) is 0 Å². The van der Waals surface area contributed by atoms with Crippen LogP contribution in [0.15, 0.2) is 36.7 Å². The monoisotopic (exact) mass is 255 g/mol. The van der Waals surface area contributed by atoms with E-state index in [4.69, 9.17) is 9.84 Å². The third-order valence-electron chi connectivity index (χ3n) is 3.31. The van der Waals surface area contributed by atoms with Crippen molar-refractivity contribution in [2.45, 2.75) is 19.3 Å². The summed E-state index contributed by atoms with van der Waals surface area (Å²) in [5.41, 5.74) is 2.77. The van der Waals surface area contributed by atoms with Crippen LogP contribution in [-0.2, 0) is 12.8 Å². The molecule has 1 heterocycles. The Morgan fingerprint density at radius 2 is 2.05 bits per heavy atom. The molecule has 0 fully saturated rings. The first-order valence-electron chi connectivity index (χ1n) is 6.21. The Kier molecular flexibility index (Phi) is 2.91. The van der Waals surface area contributed by atoms with E-state index in [-0.39, 0.29) is 11.3 Å². The minimum absolute atomic E-state index is 0.121. The number of nitrogens with zero attached hydrogens (tertiary/aromatic N) is 1. The largest absolute Gasteiger partial charge is 0.478 e. The molecule has 4 nitrogen and oxygen atoms in total. The molecule has 2 aromatic rings. The fraction of sp³-hybridized carbons (Fsp3) is 0.200. The highest BCUT2D eigenvalue weighted by Gasteiger charge is 2.14. The third-order valence-corrected chi connectivity index (χ3v) is 3.31. The van der Waals surface area contributed by atoms with Crippen LogP contribution in [0.4, 0.5) is 0 Å². The highest BCUT2D eigenvalue weighted by atomic mass is 16.5. The molecule has 0 amide bonds. The van der Waals surface area contributed by atoms with Crippen molar-refractivity contribution in [1.29, 1.82) is 0 Å². The molecular weight excluding hydrogens is 242 g/mol. The van der Waals surface area contributed by atoms with Gasteiger partial charge in [0, 0.05) is 6.20 Å². The molecule has 1 aromatic heterocycles. The number of aromatic carboxylic acids is 1. The number of hydrogen-bond acceptors (Lipinski definition) is 3. The number of benzene rings is 1. The Balaban J connectivity index is 1.91. The van der Waals surface area contributed by atoms with Crippen molar-refractivity contribution in [1.82, 2.24) is 4.98 Å². The van der Waals surface area contributed by atoms with Gasteiger partial charge >= 0.3 is 5.97 Å². The molecule has 0 aliphatic heterocycles. The Morgan fingerprint density at radius 1 is 1.21 bits per heavy atom. The summed E-state index contributed by atoms with van der Waals surface area (Å²) in [7, 11) is 0. The SMILES string of the molecule is O=C(O)c1ccncc1Oc1ccc2c(c1)CCC2. The number of pyridine rings is 1. The van der Waals surface area contributed by atoms with Gasteiger partial charge in [0.25, 0.3) is 0 Å². The summed E-state index contributed by atoms with van der Waals surface area (Å²) in [6.45, 7) is 0. The van der Waals surface area contributed by atoms with Gasteiger partial charge in [-0.3, -0.25) is 4.98 Å². The summed E-state index contributed by atoms with van der Waals surface area (Å²) in [6.07, 6.45) is 6.22. The molecule has 0 bridgehead atoms. The van der Waals surface area contributed by atoms with E-state index in [2.05, 4.69) is 11.1 Å². The lowest BCUT2D eigenvalue weighted by molar-refractivity contribution is 0.0694. The number of aromatic nitrogens is 1. The number of hydrogen-bond donors (Lipinski definition) is 1.